The maximum absolute atomic E-state index is 11.9. The third-order valence-electron chi connectivity index (χ3n) is 4.65. The summed E-state index contributed by atoms with van der Waals surface area (Å²) in [5.41, 5.74) is -0.779. The third-order valence-corrected chi connectivity index (χ3v) is 4.65. The van der Waals surface area contributed by atoms with Crippen molar-refractivity contribution in [3.05, 3.63) is 0 Å². The number of rotatable bonds is 7. The van der Waals surface area contributed by atoms with E-state index in [1.807, 2.05) is 6.92 Å². The van der Waals surface area contributed by atoms with E-state index in [-0.39, 0.29) is 12.0 Å². The fourth-order valence-electron chi connectivity index (χ4n) is 3.34. The summed E-state index contributed by atoms with van der Waals surface area (Å²) in [4.78, 5) is 14.2. The van der Waals surface area contributed by atoms with Gasteiger partial charge in [0.1, 0.15) is 5.54 Å². The first-order valence-electron chi connectivity index (χ1n) is 7.87. The van der Waals surface area contributed by atoms with Crippen molar-refractivity contribution < 1.29 is 14.6 Å². The quantitative estimate of drug-likeness (QED) is 0.738. The van der Waals surface area contributed by atoms with Gasteiger partial charge in [0, 0.05) is 19.1 Å². The van der Waals surface area contributed by atoms with Crippen LogP contribution in [0.1, 0.15) is 40.0 Å². The highest BCUT2D eigenvalue weighted by Gasteiger charge is 2.52. The molecular formula is C15H28N2O3. The first kappa shape index (κ1) is 15.7. The molecule has 1 aliphatic carbocycles. The highest BCUT2D eigenvalue weighted by atomic mass is 16.5. The van der Waals surface area contributed by atoms with Crippen molar-refractivity contribution in [1.29, 1.82) is 0 Å². The van der Waals surface area contributed by atoms with Gasteiger partial charge in [0.05, 0.1) is 12.7 Å². The van der Waals surface area contributed by atoms with Crippen molar-refractivity contribution in [2.24, 2.45) is 5.92 Å². The normalized spacial score (nSPS) is 30.9. The minimum atomic E-state index is -0.779. The van der Waals surface area contributed by atoms with Gasteiger partial charge in [0.25, 0.3) is 0 Å². The number of aliphatic carboxylic acids is 1. The highest BCUT2D eigenvalue weighted by molar-refractivity contribution is 5.80. The first-order valence-corrected chi connectivity index (χ1v) is 7.87. The molecule has 2 rings (SSSR count). The van der Waals surface area contributed by atoms with Gasteiger partial charge in [-0.1, -0.05) is 13.8 Å². The molecule has 2 N–H and O–H groups in total. The topological polar surface area (TPSA) is 61.8 Å². The summed E-state index contributed by atoms with van der Waals surface area (Å²) in [5.74, 6) is -0.425. The molecule has 0 aromatic heterocycles. The van der Waals surface area contributed by atoms with E-state index >= 15 is 0 Å². The predicted octanol–water partition coefficient (Wildman–Crippen LogP) is 1.33. The van der Waals surface area contributed by atoms with Crippen LogP contribution in [-0.2, 0) is 9.53 Å². The van der Waals surface area contributed by atoms with Gasteiger partial charge in [0.2, 0.25) is 0 Å². The number of nitrogens with one attached hydrogen (secondary N) is 1. The van der Waals surface area contributed by atoms with E-state index in [0.717, 1.165) is 25.8 Å². The number of carboxylic acid groups (broad SMARTS) is 1. The van der Waals surface area contributed by atoms with E-state index in [9.17, 15) is 9.90 Å². The van der Waals surface area contributed by atoms with Gasteiger partial charge in [-0.2, -0.15) is 0 Å². The molecule has 0 spiro atoms. The monoisotopic (exact) mass is 284 g/mol. The first-order chi connectivity index (χ1) is 9.53. The molecule has 3 unspecified atom stereocenters. The van der Waals surface area contributed by atoms with Crippen LogP contribution in [0.2, 0.25) is 0 Å². The average Bonchev–Trinajstić information content (AvgIpc) is 3.22. The Labute approximate surface area is 121 Å². The second-order valence-electron chi connectivity index (χ2n) is 6.22. The Bertz CT molecular complexity index is 346. The van der Waals surface area contributed by atoms with Crippen LogP contribution in [0.25, 0.3) is 0 Å². The molecule has 1 heterocycles. The third kappa shape index (κ3) is 3.15. The van der Waals surface area contributed by atoms with Gasteiger partial charge in [-0.3, -0.25) is 9.69 Å². The van der Waals surface area contributed by atoms with Crippen molar-refractivity contribution in [1.82, 2.24) is 10.2 Å². The van der Waals surface area contributed by atoms with Crippen LogP contribution < -0.4 is 5.32 Å². The van der Waals surface area contributed by atoms with Gasteiger partial charge >= 0.3 is 5.97 Å². The van der Waals surface area contributed by atoms with Crippen molar-refractivity contribution in [3.8, 4) is 0 Å². The van der Waals surface area contributed by atoms with E-state index in [4.69, 9.17) is 4.74 Å². The smallest absolute Gasteiger partial charge is 0.325 e. The molecule has 2 fully saturated rings. The molecule has 1 saturated heterocycles. The Morgan fingerprint density at radius 3 is 2.65 bits per heavy atom. The lowest BCUT2D eigenvalue weighted by Gasteiger charge is -2.43. The number of hydrogen-bond acceptors (Lipinski definition) is 4. The Morgan fingerprint density at radius 1 is 1.45 bits per heavy atom. The van der Waals surface area contributed by atoms with Crippen LogP contribution >= 0.6 is 0 Å². The summed E-state index contributed by atoms with van der Waals surface area (Å²) in [6, 6.07) is 0.335. The van der Waals surface area contributed by atoms with Crippen molar-refractivity contribution in [3.63, 3.8) is 0 Å². The minimum Gasteiger partial charge on any atom is -0.480 e. The standard InChI is InChI=1S/C15H28N2O3/c1-4-13-9-20-11(3)8-17(13)10-15(14(18)19,16-5-2)12-6-7-12/h11-13,16H,4-10H2,1-3H3,(H,18,19). The zero-order valence-corrected chi connectivity index (χ0v) is 12.9. The van der Waals surface area contributed by atoms with Crippen LogP contribution in [0.15, 0.2) is 0 Å². The van der Waals surface area contributed by atoms with E-state index in [2.05, 4.69) is 24.1 Å². The molecule has 5 heteroatoms. The highest BCUT2D eigenvalue weighted by Crippen LogP contribution is 2.41. The zero-order chi connectivity index (χ0) is 14.8. The predicted molar refractivity (Wildman–Crippen MR) is 77.8 cm³/mol. The molecule has 20 heavy (non-hydrogen) atoms. The molecule has 2 aliphatic rings. The van der Waals surface area contributed by atoms with Gasteiger partial charge in [-0.25, -0.2) is 0 Å². The van der Waals surface area contributed by atoms with Gasteiger partial charge < -0.3 is 15.2 Å². The van der Waals surface area contributed by atoms with Crippen LogP contribution in [0, 0.1) is 5.92 Å². The number of morpholine rings is 1. The van der Waals surface area contributed by atoms with Crippen molar-refractivity contribution in [2.45, 2.75) is 57.7 Å². The molecule has 116 valence electrons. The molecular weight excluding hydrogens is 256 g/mol. The fraction of sp³-hybridized carbons (Fsp3) is 0.933. The zero-order valence-electron chi connectivity index (χ0n) is 12.9. The van der Waals surface area contributed by atoms with E-state index in [1.54, 1.807) is 0 Å². The summed E-state index contributed by atoms with van der Waals surface area (Å²) in [6.45, 7) is 9.01. The SMILES string of the molecule is CCNC(CN1CC(C)OCC1CC)(C(=O)O)C1CC1. The lowest BCUT2D eigenvalue weighted by molar-refractivity contribution is -0.149. The number of ether oxygens (including phenoxy) is 1. The lowest BCUT2D eigenvalue weighted by atomic mass is 9.91. The average molecular weight is 284 g/mol. The number of nitrogens with zero attached hydrogens (tertiary/aromatic N) is 1. The number of likely N-dealkylation sites (N-methyl/N-ethyl adjacent to an activating group) is 1. The Hall–Kier alpha value is -0.650. The molecule has 0 amide bonds. The van der Waals surface area contributed by atoms with Crippen molar-refractivity contribution >= 4 is 5.97 Å². The summed E-state index contributed by atoms with van der Waals surface area (Å²) in [7, 11) is 0. The molecule has 0 radical (unpaired) electrons. The van der Waals surface area contributed by atoms with Crippen LogP contribution in [0.5, 0.6) is 0 Å². The molecule has 0 bridgehead atoms. The Kier molecular flexibility index (Phi) is 5.04. The summed E-state index contributed by atoms with van der Waals surface area (Å²) < 4.78 is 5.71. The van der Waals surface area contributed by atoms with Crippen LogP contribution in [0.4, 0.5) is 0 Å². The molecule has 5 nitrogen and oxygen atoms in total. The number of carboxylic acids is 1. The minimum absolute atomic E-state index is 0.185. The van der Waals surface area contributed by atoms with Crippen LogP contribution in [0.3, 0.4) is 0 Å². The summed E-state index contributed by atoms with van der Waals surface area (Å²) in [6.07, 6.45) is 3.23. The molecule has 0 aromatic rings. The summed E-state index contributed by atoms with van der Waals surface area (Å²) >= 11 is 0. The molecule has 3 atom stereocenters. The van der Waals surface area contributed by atoms with Crippen molar-refractivity contribution in [2.75, 3.05) is 26.2 Å². The summed E-state index contributed by atoms with van der Waals surface area (Å²) in [5, 5.41) is 13.1. The second-order valence-corrected chi connectivity index (χ2v) is 6.22. The van der Waals surface area contributed by atoms with Gasteiger partial charge in [-0.15, -0.1) is 0 Å². The second kappa shape index (κ2) is 6.41. The van der Waals surface area contributed by atoms with Gasteiger partial charge in [0.15, 0.2) is 0 Å². The van der Waals surface area contributed by atoms with Crippen LogP contribution in [-0.4, -0.2) is 59.9 Å². The molecule has 1 aliphatic heterocycles. The maximum atomic E-state index is 11.9. The molecule has 0 aromatic carbocycles. The number of carbonyl (C=O) groups is 1. The Balaban J connectivity index is 2.14. The fourth-order valence-corrected chi connectivity index (χ4v) is 3.34. The van der Waals surface area contributed by atoms with E-state index in [1.165, 1.54) is 0 Å². The van der Waals surface area contributed by atoms with Gasteiger partial charge in [-0.05, 0) is 38.6 Å². The molecule has 1 saturated carbocycles. The maximum Gasteiger partial charge on any atom is 0.325 e. The van der Waals surface area contributed by atoms with E-state index in [0.29, 0.717) is 25.7 Å². The largest absolute Gasteiger partial charge is 0.480 e. The van der Waals surface area contributed by atoms with E-state index < -0.39 is 11.5 Å². The number of hydrogen-bond donors (Lipinski definition) is 2. The lowest BCUT2D eigenvalue weighted by Crippen LogP contribution is -2.64. The Morgan fingerprint density at radius 2 is 2.15 bits per heavy atom.